The van der Waals surface area contributed by atoms with Gasteiger partial charge in [0.05, 0.1) is 0 Å². The summed E-state index contributed by atoms with van der Waals surface area (Å²) in [6.45, 7) is 2.94. The summed E-state index contributed by atoms with van der Waals surface area (Å²) in [6, 6.07) is 18.3. The average molecular weight is 421 g/mol. The van der Waals surface area contributed by atoms with Crippen LogP contribution in [0.5, 0.6) is 0 Å². The van der Waals surface area contributed by atoms with Crippen LogP contribution >= 0.6 is 11.6 Å². The molecule has 30 heavy (non-hydrogen) atoms. The summed E-state index contributed by atoms with van der Waals surface area (Å²) in [6.07, 6.45) is 2.44. The van der Waals surface area contributed by atoms with Crippen molar-refractivity contribution < 1.29 is 0 Å². The molecule has 4 rings (SSSR count). The molecule has 6 nitrogen and oxygen atoms in total. The minimum atomic E-state index is 0.443. The lowest BCUT2D eigenvalue weighted by Gasteiger charge is -2.29. The van der Waals surface area contributed by atoms with Crippen molar-refractivity contribution in [3.8, 4) is 6.07 Å². The number of anilines is 3. The molecular formula is C23H25ClN6. The first-order valence-electron chi connectivity index (χ1n) is 10.1. The van der Waals surface area contributed by atoms with Gasteiger partial charge in [-0.3, -0.25) is 5.10 Å². The average Bonchev–Trinajstić information content (AvgIpc) is 3.14. The molecular weight excluding hydrogens is 396 g/mol. The summed E-state index contributed by atoms with van der Waals surface area (Å²) in [5.41, 5.74) is 3.80. The molecule has 7 heteroatoms. The molecule has 0 aliphatic carbocycles. The van der Waals surface area contributed by atoms with E-state index in [4.69, 9.17) is 11.6 Å². The summed E-state index contributed by atoms with van der Waals surface area (Å²) in [7, 11) is 2.19. The van der Waals surface area contributed by atoms with Crippen molar-refractivity contribution >= 4 is 28.9 Å². The van der Waals surface area contributed by atoms with Gasteiger partial charge in [-0.05, 0) is 68.2 Å². The minimum absolute atomic E-state index is 0.443. The highest BCUT2D eigenvalue weighted by atomic mass is 35.5. The highest BCUT2D eigenvalue weighted by Gasteiger charge is 2.18. The number of halogens is 1. The van der Waals surface area contributed by atoms with Crippen LogP contribution in [0.15, 0.2) is 48.5 Å². The Balaban J connectivity index is 1.39. The Labute approximate surface area is 181 Å². The fourth-order valence-corrected chi connectivity index (χ4v) is 4.00. The molecule has 2 aromatic carbocycles. The van der Waals surface area contributed by atoms with Gasteiger partial charge in [0.15, 0.2) is 5.82 Å². The second-order valence-electron chi connectivity index (χ2n) is 7.74. The van der Waals surface area contributed by atoms with Crippen molar-refractivity contribution in [3.05, 3.63) is 70.2 Å². The molecule has 3 N–H and O–H groups in total. The molecule has 0 unspecified atom stereocenters. The number of hydrogen-bond acceptors (Lipinski definition) is 5. The quantitative estimate of drug-likeness (QED) is 0.517. The fourth-order valence-electron chi connectivity index (χ4n) is 3.81. The topological polar surface area (TPSA) is 79.8 Å². The number of nitrogens with one attached hydrogen (secondary N) is 3. The molecule has 0 spiro atoms. The van der Waals surface area contributed by atoms with Gasteiger partial charge in [-0.25, -0.2) is 0 Å². The molecule has 1 fully saturated rings. The SMILES string of the molecule is CN1CCC(c2ccc(CNc3[nH]nc(Nc4cccc(Cl)c4)c3C#N)cc2)CC1. The maximum Gasteiger partial charge on any atom is 0.172 e. The number of likely N-dealkylation sites (tertiary alicyclic amines) is 1. The molecule has 1 saturated heterocycles. The summed E-state index contributed by atoms with van der Waals surface area (Å²) >= 11 is 6.03. The predicted molar refractivity (Wildman–Crippen MR) is 121 cm³/mol. The van der Waals surface area contributed by atoms with E-state index in [-0.39, 0.29) is 0 Å². The second kappa shape index (κ2) is 9.21. The zero-order chi connectivity index (χ0) is 20.9. The van der Waals surface area contributed by atoms with Crippen LogP contribution in [0.1, 0.15) is 35.4 Å². The summed E-state index contributed by atoms with van der Waals surface area (Å²) < 4.78 is 0. The third kappa shape index (κ3) is 4.76. The van der Waals surface area contributed by atoms with E-state index >= 15 is 0 Å². The third-order valence-corrected chi connectivity index (χ3v) is 5.84. The van der Waals surface area contributed by atoms with E-state index in [1.54, 1.807) is 12.1 Å². The van der Waals surface area contributed by atoms with Gasteiger partial charge in [0, 0.05) is 17.3 Å². The molecule has 2 heterocycles. The fraction of sp³-hybridized carbons (Fsp3) is 0.304. The summed E-state index contributed by atoms with van der Waals surface area (Å²) in [4.78, 5) is 2.39. The molecule has 0 radical (unpaired) electrons. The highest BCUT2D eigenvalue weighted by Crippen LogP contribution is 2.28. The van der Waals surface area contributed by atoms with Gasteiger partial charge >= 0.3 is 0 Å². The lowest BCUT2D eigenvalue weighted by Crippen LogP contribution is -2.29. The minimum Gasteiger partial charge on any atom is -0.365 e. The standard InChI is InChI=1S/C23H25ClN6/c1-30-11-9-18(10-12-30)17-7-5-16(6-8-17)15-26-22-21(14-25)23(29-28-22)27-20-4-2-3-19(24)13-20/h2-8,13,18H,9-12,15H2,1H3,(H3,26,27,28,29). The Morgan fingerprint density at radius 1 is 1.20 bits per heavy atom. The van der Waals surface area contributed by atoms with E-state index in [1.165, 1.54) is 18.4 Å². The molecule has 0 amide bonds. The van der Waals surface area contributed by atoms with Crippen molar-refractivity contribution in [2.75, 3.05) is 30.8 Å². The first kappa shape index (κ1) is 20.3. The Kier molecular flexibility index (Phi) is 6.22. The number of aromatic amines is 1. The van der Waals surface area contributed by atoms with Gasteiger partial charge < -0.3 is 15.5 Å². The largest absolute Gasteiger partial charge is 0.365 e. The van der Waals surface area contributed by atoms with Crippen molar-refractivity contribution in [3.63, 3.8) is 0 Å². The highest BCUT2D eigenvalue weighted by molar-refractivity contribution is 6.30. The Morgan fingerprint density at radius 2 is 1.97 bits per heavy atom. The van der Waals surface area contributed by atoms with E-state index in [2.05, 4.69) is 63.1 Å². The van der Waals surface area contributed by atoms with Crippen LogP contribution < -0.4 is 10.6 Å². The van der Waals surface area contributed by atoms with Crippen molar-refractivity contribution in [1.29, 1.82) is 5.26 Å². The third-order valence-electron chi connectivity index (χ3n) is 5.60. The van der Waals surface area contributed by atoms with Crippen molar-refractivity contribution in [2.45, 2.75) is 25.3 Å². The first-order chi connectivity index (χ1) is 14.6. The molecule has 1 aliphatic rings. The number of H-pyrrole nitrogens is 1. The number of piperidine rings is 1. The van der Waals surface area contributed by atoms with Crippen molar-refractivity contribution in [2.24, 2.45) is 0 Å². The van der Waals surface area contributed by atoms with Crippen LogP contribution in [-0.2, 0) is 6.54 Å². The number of nitriles is 1. The zero-order valence-corrected chi connectivity index (χ0v) is 17.7. The number of nitrogens with zero attached hydrogens (tertiary/aromatic N) is 3. The monoisotopic (exact) mass is 420 g/mol. The Morgan fingerprint density at radius 3 is 2.67 bits per heavy atom. The van der Waals surface area contributed by atoms with Crippen LogP contribution in [0.3, 0.4) is 0 Å². The zero-order valence-electron chi connectivity index (χ0n) is 17.0. The van der Waals surface area contributed by atoms with Gasteiger partial charge in [-0.1, -0.05) is 41.9 Å². The van der Waals surface area contributed by atoms with E-state index in [0.717, 1.165) is 24.3 Å². The molecule has 154 valence electrons. The van der Waals surface area contributed by atoms with Crippen LogP contribution in [0, 0.1) is 11.3 Å². The van der Waals surface area contributed by atoms with Crippen molar-refractivity contribution in [1.82, 2.24) is 15.1 Å². The molecule has 0 bridgehead atoms. The molecule has 0 saturated carbocycles. The lowest BCUT2D eigenvalue weighted by molar-refractivity contribution is 0.255. The normalized spacial score (nSPS) is 15.0. The van der Waals surface area contributed by atoms with E-state index in [1.807, 2.05) is 12.1 Å². The van der Waals surface area contributed by atoms with Gasteiger partial charge in [0.1, 0.15) is 17.5 Å². The molecule has 0 atom stereocenters. The second-order valence-corrected chi connectivity index (χ2v) is 8.18. The van der Waals surface area contributed by atoms with Crippen LogP contribution in [0.4, 0.5) is 17.3 Å². The molecule has 1 aromatic heterocycles. The summed E-state index contributed by atoms with van der Waals surface area (Å²) in [5, 5.41) is 23.8. The van der Waals surface area contributed by atoms with Gasteiger partial charge in [-0.15, -0.1) is 0 Å². The smallest absolute Gasteiger partial charge is 0.172 e. The van der Waals surface area contributed by atoms with Gasteiger partial charge in [0.2, 0.25) is 0 Å². The van der Waals surface area contributed by atoms with Gasteiger partial charge in [0.25, 0.3) is 0 Å². The van der Waals surface area contributed by atoms with Crippen LogP contribution in [-0.4, -0.2) is 35.2 Å². The first-order valence-corrected chi connectivity index (χ1v) is 10.5. The number of benzene rings is 2. The number of aromatic nitrogens is 2. The Bertz CT molecular complexity index is 1030. The summed E-state index contributed by atoms with van der Waals surface area (Å²) in [5.74, 6) is 1.72. The maximum absolute atomic E-state index is 9.60. The molecule has 1 aliphatic heterocycles. The number of hydrogen-bond donors (Lipinski definition) is 3. The van der Waals surface area contributed by atoms with Crippen LogP contribution in [0.2, 0.25) is 5.02 Å². The maximum atomic E-state index is 9.60. The molecule has 3 aromatic rings. The van der Waals surface area contributed by atoms with Gasteiger partial charge in [-0.2, -0.15) is 10.4 Å². The van der Waals surface area contributed by atoms with E-state index in [0.29, 0.717) is 34.7 Å². The Hall–Kier alpha value is -3.01. The van der Waals surface area contributed by atoms with E-state index < -0.39 is 0 Å². The predicted octanol–water partition coefficient (Wildman–Crippen LogP) is 5.10. The lowest BCUT2D eigenvalue weighted by atomic mass is 9.89. The van der Waals surface area contributed by atoms with Crippen LogP contribution in [0.25, 0.3) is 0 Å². The van der Waals surface area contributed by atoms with E-state index in [9.17, 15) is 5.26 Å². The number of rotatable bonds is 6.